The summed E-state index contributed by atoms with van der Waals surface area (Å²) < 4.78 is 0. The molecule has 0 amide bonds. The Balaban J connectivity index is 1.58. The lowest BCUT2D eigenvalue weighted by atomic mass is 9.87. The highest BCUT2D eigenvalue weighted by atomic mass is 15.2. The molecule has 1 aliphatic heterocycles. The van der Waals surface area contributed by atoms with E-state index in [1.807, 2.05) is 0 Å². The number of benzene rings is 1. The summed E-state index contributed by atoms with van der Waals surface area (Å²) in [7, 11) is 0. The third-order valence-corrected chi connectivity index (χ3v) is 4.40. The second-order valence-corrected chi connectivity index (χ2v) is 7.18. The minimum atomic E-state index is 0.245. The maximum Gasteiger partial charge on any atom is 0.0400 e. The van der Waals surface area contributed by atoms with Crippen LogP contribution < -0.4 is 5.32 Å². The predicted octanol–water partition coefficient (Wildman–Crippen LogP) is 3.63. The molecule has 2 aliphatic rings. The molecule has 1 saturated heterocycles. The molecule has 1 heterocycles. The lowest BCUT2D eigenvalue weighted by Crippen LogP contribution is -2.27. The maximum absolute atomic E-state index is 3.69. The Labute approximate surface area is 117 Å². The summed E-state index contributed by atoms with van der Waals surface area (Å²) in [5.74, 6) is 0. The number of rotatable bonds is 3. The standard InChI is InChI=1S/C17H26N2/c1-17(2,3)13-4-6-14(7-5-13)18-15-10-11-19(12-15)16-8-9-16/h4-7,15-16,18H,8-12H2,1-3H3. The molecule has 2 fully saturated rings. The number of nitrogens with one attached hydrogen (secondary N) is 1. The summed E-state index contributed by atoms with van der Waals surface area (Å²) in [5.41, 5.74) is 2.93. The van der Waals surface area contributed by atoms with Crippen LogP contribution in [0.25, 0.3) is 0 Å². The van der Waals surface area contributed by atoms with Crippen molar-refractivity contribution in [2.45, 2.75) is 57.5 Å². The first-order valence-corrected chi connectivity index (χ1v) is 7.63. The molecule has 104 valence electrons. The molecule has 1 saturated carbocycles. The SMILES string of the molecule is CC(C)(C)c1ccc(NC2CCN(C3CC3)C2)cc1. The molecule has 0 radical (unpaired) electrons. The summed E-state index contributed by atoms with van der Waals surface area (Å²) in [4.78, 5) is 2.65. The van der Waals surface area contributed by atoms with Crippen molar-refractivity contribution in [2.75, 3.05) is 18.4 Å². The zero-order valence-corrected chi connectivity index (χ0v) is 12.4. The third-order valence-electron chi connectivity index (χ3n) is 4.40. The van der Waals surface area contributed by atoms with Gasteiger partial charge in [0.2, 0.25) is 0 Å². The van der Waals surface area contributed by atoms with Gasteiger partial charge in [0.25, 0.3) is 0 Å². The number of anilines is 1. The fourth-order valence-corrected chi connectivity index (χ4v) is 2.98. The van der Waals surface area contributed by atoms with Gasteiger partial charge in [-0.25, -0.2) is 0 Å². The molecule has 0 aromatic heterocycles. The Kier molecular flexibility index (Phi) is 3.30. The van der Waals surface area contributed by atoms with Gasteiger partial charge >= 0.3 is 0 Å². The van der Waals surface area contributed by atoms with Crippen molar-refractivity contribution >= 4 is 5.69 Å². The molecule has 2 nitrogen and oxygen atoms in total. The highest BCUT2D eigenvalue weighted by Gasteiger charge is 2.34. The lowest BCUT2D eigenvalue weighted by Gasteiger charge is -2.20. The van der Waals surface area contributed by atoms with E-state index < -0.39 is 0 Å². The highest BCUT2D eigenvalue weighted by molar-refractivity contribution is 5.46. The molecule has 1 N–H and O–H groups in total. The molecule has 2 heteroatoms. The quantitative estimate of drug-likeness (QED) is 0.890. The van der Waals surface area contributed by atoms with Gasteiger partial charge < -0.3 is 5.32 Å². The van der Waals surface area contributed by atoms with E-state index in [4.69, 9.17) is 0 Å². The first kappa shape index (κ1) is 13.0. The van der Waals surface area contributed by atoms with Gasteiger partial charge in [-0.15, -0.1) is 0 Å². The largest absolute Gasteiger partial charge is 0.381 e. The Hall–Kier alpha value is -1.02. The highest BCUT2D eigenvalue weighted by Crippen LogP contribution is 2.31. The smallest absolute Gasteiger partial charge is 0.0400 e. The summed E-state index contributed by atoms with van der Waals surface area (Å²) in [5, 5.41) is 3.69. The number of likely N-dealkylation sites (tertiary alicyclic amines) is 1. The zero-order valence-electron chi connectivity index (χ0n) is 12.4. The molecule has 1 aliphatic carbocycles. The molecule has 1 atom stereocenters. The van der Waals surface area contributed by atoms with Crippen LogP contribution in [-0.4, -0.2) is 30.1 Å². The van der Waals surface area contributed by atoms with Crippen LogP contribution in [0.1, 0.15) is 45.6 Å². The Bertz CT molecular complexity index is 426. The minimum Gasteiger partial charge on any atom is -0.381 e. The molecule has 0 spiro atoms. The van der Waals surface area contributed by atoms with Gasteiger partial charge in [0.1, 0.15) is 0 Å². The van der Waals surface area contributed by atoms with Gasteiger partial charge in [-0.3, -0.25) is 4.90 Å². The van der Waals surface area contributed by atoms with Crippen LogP contribution in [0.3, 0.4) is 0 Å². The molecule has 1 aromatic rings. The van der Waals surface area contributed by atoms with Crippen LogP contribution in [0.5, 0.6) is 0 Å². The summed E-state index contributed by atoms with van der Waals surface area (Å²) in [6.07, 6.45) is 4.14. The molecule has 3 rings (SSSR count). The van der Waals surface area contributed by atoms with Crippen LogP contribution in [-0.2, 0) is 5.41 Å². The van der Waals surface area contributed by atoms with Crippen molar-refractivity contribution in [1.29, 1.82) is 0 Å². The van der Waals surface area contributed by atoms with Gasteiger partial charge in [0.15, 0.2) is 0 Å². The summed E-state index contributed by atoms with van der Waals surface area (Å²) in [6, 6.07) is 10.5. The Morgan fingerprint density at radius 1 is 1.05 bits per heavy atom. The van der Waals surface area contributed by atoms with Crippen LogP contribution in [0.2, 0.25) is 0 Å². The van der Waals surface area contributed by atoms with E-state index in [1.165, 1.54) is 43.6 Å². The molecule has 0 bridgehead atoms. The first-order valence-electron chi connectivity index (χ1n) is 7.63. The molecule has 1 aromatic carbocycles. The summed E-state index contributed by atoms with van der Waals surface area (Å²) >= 11 is 0. The van der Waals surface area contributed by atoms with Gasteiger partial charge in [0.05, 0.1) is 0 Å². The van der Waals surface area contributed by atoms with Crippen LogP contribution in [0.4, 0.5) is 5.69 Å². The maximum atomic E-state index is 3.69. The first-order chi connectivity index (χ1) is 9.02. The van der Waals surface area contributed by atoms with Crippen molar-refractivity contribution < 1.29 is 0 Å². The summed E-state index contributed by atoms with van der Waals surface area (Å²) in [6.45, 7) is 9.30. The van der Waals surface area contributed by atoms with E-state index in [2.05, 4.69) is 55.3 Å². The van der Waals surface area contributed by atoms with Crippen molar-refractivity contribution in [3.8, 4) is 0 Å². The van der Waals surface area contributed by atoms with E-state index in [1.54, 1.807) is 0 Å². The van der Waals surface area contributed by atoms with E-state index in [9.17, 15) is 0 Å². The number of hydrogen-bond acceptors (Lipinski definition) is 2. The minimum absolute atomic E-state index is 0.245. The average molecular weight is 258 g/mol. The fourth-order valence-electron chi connectivity index (χ4n) is 2.98. The van der Waals surface area contributed by atoms with Crippen molar-refractivity contribution in [3.63, 3.8) is 0 Å². The van der Waals surface area contributed by atoms with Crippen molar-refractivity contribution in [2.24, 2.45) is 0 Å². The van der Waals surface area contributed by atoms with Crippen LogP contribution in [0, 0.1) is 0 Å². The second-order valence-electron chi connectivity index (χ2n) is 7.18. The van der Waals surface area contributed by atoms with Gasteiger partial charge in [-0.05, 0) is 42.4 Å². The Morgan fingerprint density at radius 2 is 1.74 bits per heavy atom. The zero-order chi connectivity index (χ0) is 13.5. The number of nitrogens with zero attached hydrogens (tertiary/aromatic N) is 1. The van der Waals surface area contributed by atoms with Crippen molar-refractivity contribution in [1.82, 2.24) is 4.90 Å². The topological polar surface area (TPSA) is 15.3 Å². The van der Waals surface area contributed by atoms with Gasteiger partial charge in [0, 0.05) is 30.9 Å². The normalized spacial score (nSPS) is 24.7. The lowest BCUT2D eigenvalue weighted by molar-refractivity contribution is 0.326. The van der Waals surface area contributed by atoms with E-state index in [0.717, 1.165) is 6.04 Å². The van der Waals surface area contributed by atoms with Gasteiger partial charge in [-0.1, -0.05) is 32.9 Å². The Morgan fingerprint density at radius 3 is 2.32 bits per heavy atom. The van der Waals surface area contributed by atoms with E-state index >= 15 is 0 Å². The monoisotopic (exact) mass is 258 g/mol. The fraction of sp³-hybridized carbons (Fsp3) is 0.647. The second kappa shape index (κ2) is 4.82. The van der Waals surface area contributed by atoms with E-state index in [0.29, 0.717) is 6.04 Å². The molecular formula is C17H26N2. The molecule has 19 heavy (non-hydrogen) atoms. The van der Waals surface area contributed by atoms with Crippen molar-refractivity contribution in [3.05, 3.63) is 29.8 Å². The van der Waals surface area contributed by atoms with Crippen LogP contribution in [0.15, 0.2) is 24.3 Å². The average Bonchev–Trinajstić information content (AvgIpc) is 3.10. The van der Waals surface area contributed by atoms with Crippen LogP contribution >= 0.6 is 0 Å². The third kappa shape index (κ3) is 3.11. The molecule has 1 unspecified atom stereocenters. The number of hydrogen-bond donors (Lipinski definition) is 1. The molecular weight excluding hydrogens is 232 g/mol. The predicted molar refractivity (Wildman–Crippen MR) is 81.8 cm³/mol. The van der Waals surface area contributed by atoms with Gasteiger partial charge in [-0.2, -0.15) is 0 Å². The van der Waals surface area contributed by atoms with E-state index in [-0.39, 0.29) is 5.41 Å².